The number of likely N-dealkylation sites (tertiary alicyclic amines) is 1. The minimum Gasteiger partial charge on any atom is -0.497 e. The number of nitrogens with one attached hydrogen (secondary N) is 3. The van der Waals surface area contributed by atoms with Crippen molar-refractivity contribution in [1.29, 1.82) is 0 Å². The molecule has 1 aromatic rings. The van der Waals surface area contributed by atoms with Crippen LogP contribution in [0.2, 0.25) is 0 Å². The van der Waals surface area contributed by atoms with E-state index in [0.29, 0.717) is 6.54 Å². The Balaban J connectivity index is 1.73. The van der Waals surface area contributed by atoms with Gasteiger partial charge >= 0.3 is 6.09 Å². The molecule has 3 amide bonds. The van der Waals surface area contributed by atoms with E-state index in [-0.39, 0.29) is 37.4 Å². The van der Waals surface area contributed by atoms with Crippen LogP contribution >= 0.6 is 0 Å². The third-order valence-electron chi connectivity index (χ3n) is 5.02. The average Bonchev–Trinajstić information content (AvgIpc) is 2.72. The van der Waals surface area contributed by atoms with Crippen molar-refractivity contribution in [2.24, 2.45) is 0 Å². The van der Waals surface area contributed by atoms with Crippen LogP contribution in [0.25, 0.3) is 0 Å². The van der Waals surface area contributed by atoms with E-state index >= 15 is 0 Å². The molecule has 1 aliphatic rings. The van der Waals surface area contributed by atoms with E-state index < -0.39 is 11.7 Å². The smallest absolute Gasteiger partial charge is 0.407 e. The van der Waals surface area contributed by atoms with Gasteiger partial charge in [-0.15, -0.1) is 0 Å². The van der Waals surface area contributed by atoms with Crippen LogP contribution in [-0.2, 0) is 14.3 Å². The van der Waals surface area contributed by atoms with Crippen LogP contribution in [0.15, 0.2) is 24.3 Å². The van der Waals surface area contributed by atoms with Crippen molar-refractivity contribution in [3.63, 3.8) is 0 Å². The summed E-state index contributed by atoms with van der Waals surface area (Å²) in [5.41, 5.74) is 0.145. The monoisotopic (exact) mass is 448 g/mol. The van der Waals surface area contributed by atoms with Crippen LogP contribution in [-0.4, -0.2) is 67.7 Å². The molecule has 1 aliphatic heterocycles. The van der Waals surface area contributed by atoms with Crippen LogP contribution in [0.3, 0.4) is 0 Å². The Morgan fingerprint density at radius 2 is 1.78 bits per heavy atom. The van der Waals surface area contributed by atoms with Gasteiger partial charge in [-0.2, -0.15) is 0 Å². The van der Waals surface area contributed by atoms with Gasteiger partial charge in [0.1, 0.15) is 11.4 Å². The molecule has 0 spiro atoms. The van der Waals surface area contributed by atoms with Crippen molar-refractivity contribution in [3.05, 3.63) is 24.3 Å². The zero-order valence-corrected chi connectivity index (χ0v) is 19.5. The lowest BCUT2D eigenvalue weighted by Gasteiger charge is -2.35. The maximum absolute atomic E-state index is 12.5. The molecule has 1 aromatic carbocycles. The molecule has 9 heteroatoms. The van der Waals surface area contributed by atoms with Crippen molar-refractivity contribution < 1.29 is 23.9 Å². The molecule has 0 radical (unpaired) electrons. The topological polar surface area (TPSA) is 109 Å². The minimum atomic E-state index is -0.573. The third kappa shape index (κ3) is 9.55. The van der Waals surface area contributed by atoms with Gasteiger partial charge in [-0.1, -0.05) is 6.42 Å². The summed E-state index contributed by atoms with van der Waals surface area (Å²) in [6.07, 6.45) is 2.65. The van der Waals surface area contributed by atoms with Gasteiger partial charge in [0, 0.05) is 31.2 Å². The molecule has 0 aliphatic carbocycles. The zero-order valence-electron chi connectivity index (χ0n) is 19.5. The van der Waals surface area contributed by atoms with Crippen LogP contribution in [0.5, 0.6) is 5.75 Å². The summed E-state index contributed by atoms with van der Waals surface area (Å²) < 4.78 is 10.3. The first-order chi connectivity index (χ1) is 15.2. The van der Waals surface area contributed by atoms with E-state index in [4.69, 9.17) is 9.47 Å². The van der Waals surface area contributed by atoms with Gasteiger partial charge in [-0.05, 0) is 64.4 Å². The second-order valence-corrected chi connectivity index (χ2v) is 8.88. The summed E-state index contributed by atoms with van der Waals surface area (Å²) in [5, 5.41) is 8.41. The first-order valence-corrected chi connectivity index (χ1v) is 11.1. The molecule has 9 nitrogen and oxygen atoms in total. The molecule has 0 bridgehead atoms. The van der Waals surface area contributed by atoms with Gasteiger partial charge in [0.25, 0.3) is 0 Å². The highest BCUT2D eigenvalue weighted by molar-refractivity contribution is 5.92. The molecule has 0 aromatic heterocycles. The summed E-state index contributed by atoms with van der Waals surface area (Å²) in [6, 6.07) is 7.30. The predicted octanol–water partition coefficient (Wildman–Crippen LogP) is 2.52. The van der Waals surface area contributed by atoms with E-state index in [9.17, 15) is 14.4 Å². The third-order valence-corrected chi connectivity index (χ3v) is 5.02. The standard InChI is InChI=1S/C23H36N4O5/c1-23(2,3)32-22(30)24-13-12-20(28)25-15-18-7-5-6-14-27(18)16-21(29)26-17-8-10-19(31-4)11-9-17/h8-11,18H,5-7,12-16H2,1-4H3,(H,24,30)(H,25,28)(H,26,29)/t18-/m0/s1. The van der Waals surface area contributed by atoms with E-state index in [1.807, 2.05) is 0 Å². The number of alkyl carbamates (subject to hydrolysis) is 1. The van der Waals surface area contributed by atoms with Crippen molar-refractivity contribution >= 4 is 23.6 Å². The fourth-order valence-corrected chi connectivity index (χ4v) is 3.47. The maximum atomic E-state index is 12.5. The number of carbonyl (C=O) groups is 3. The number of amides is 3. The number of piperidine rings is 1. The first kappa shape index (κ1) is 25.5. The van der Waals surface area contributed by atoms with Crippen molar-refractivity contribution in [2.45, 2.75) is 58.1 Å². The van der Waals surface area contributed by atoms with Gasteiger partial charge < -0.3 is 25.4 Å². The number of hydrogen-bond acceptors (Lipinski definition) is 6. The molecular weight excluding hydrogens is 412 g/mol. The summed E-state index contributed by atoms with van der Waals surface area (Å²) in [5.74, 6) is 0.500. The number of methoxy groups -OCH3 is 1. The predicted molar refractivity (Wildman–Crippen MR) is 123 cm³/mol. The minimum absolute atomic E-state index is 0.0880. The van der Waals surface area contributed by atoms with Gasteiger partial charge in [0.05, 0.1) is 13.7 Å². The van der Waals surface area contributed by atoms with Crippen LogP contribution in [0, 0.1) is 0 Å². The number of benzene rings is 1. The number of anilines is 1. The largest absolute Gasteiger partial charge is 0.497 e. The van der Waals surface area contributed by atoms with Crippen LogP contribution in [0.4, 0.5) is 10.5 Å². The van der Waals surface area contributed by atoms with Crippen LogP contribution in [0.1, 0.15) is 46.5 Å². The van der Waals surface area contributed by atoms with Gasteiger partial charge in [0.15, 0.2) is 0 Å². The Morgan fingerprint density at radius 1 is 1.06 bits per heavy atom. The molecule has 2 rings (SSSR count). The van der Waals surface area contributed by atoms with Crippen molar-refractivity contribution in [2.75, 3.05) is 38.6 Å². The lowest BCUT2D eigenvalue weighted by Crippen LogP contribution is -2.49. The van der Waals surface area contributed by atoms with Gasteiger partial charge in [0.2, 0.25) is 11.8 Å². The van der Waals surface area contributed by atoms with Crippen molar-refractivity contribution in [1.82, 2.24) is 15.5 Å². The molecule has 1 atom stereocenters. The lowest BCUT2D eigenvalue weighted by molar-refractivity contribution is -0.121. The molecular formula is C23H36N4O5. The molecule has 0 saturated carbocycles. The molecule has 1 saturated heterocycles. The number of rotatable bonds is 9. The highest BCUT2D eigenvalue weighted by Gasteiger charge is 2.25. The molecule has 178 valence electrons. The summed E-state index contributed by atoms with van der Waals surface area (Å²) in [4.78, 5) is 38.4. The molecule has 1 heterocycles. The van der Waals surface area contributed by atoms with E-state index in [1.165, 1.54) is 0 Å². The Morgan fingerprint density at radius 3 is 2.44 bits per heavy atom. The molecule has 1 fully saturated rings. The second kappa shape index (κ2) is 12.3. The Hall–Kier alpha value is -2.81. The molecule has 3 N–H and O–H groups in total. The Labute approximate surface area is 190 Å². The number of hydrogen-bond donors (Lipinski definition) is 3. The maximum Gasteiger partial charge on any atom is 0.407 e. The highest BCUT2D eigenvalue weighted by atomic mass is 16.6. The van der Waals surface area contributed by atoms with Gasteiger partial charge in [-0.25, -0.2) is 4.79 Å². The van der Waals surface area contributed by atoms with E-state index in [2.05, 4.69) is 20.9 Å². The normalized spacial score (nSPS) is 16.7. The summed E-state index contributed by atoms with van der Waals surface area (Å²) in [7, 11) is 1.60. The fraction of sp³-hybridized carbons (Fsp3) is 0.609. The molecule has 0 unspecified atom stereocenters. The second-order valence-electron chi connectivity index (χ2n) is 8.88. The Kier molecular flexibility index (Phi) is 9.77. The number of carbonyl (C=O) groups excluding carboxylic acids is 3. The summed E-state index contributed by atoms with van der Waals surface area (Å²) >= 11 is 0. The van der Waals surface area contributed by atoms with Crippen LogP contribution < -0.4 is 20.7 Å². The zero-order chi connectivity index (χ0) is 23.6. The Bertz CT molecular complexity index is 761. The van der Waals surface area contributed by atoms with E-state index in [0.717, 1.165) is 37.2 Å². The number of ether oxygens (including phenoxy) is 2. The average molecular weight is 449 g/mol. The lowest BCUT2D eigenvalue weighted by atomic mass is 10.0. The van der Waals surface area contributed by atoms with Gasteiger partial charge in [-0.3, -0.25) is 14.5 Å². The van der Waals surface area contributed by atoms with Crippen molar-refractivity contribution in [3.8, 4) is 5.75 Å². The summed E-state index contributed by atoms with van der Waals surface area (Å²) in [6.45, 7) is 7.12. The fourth-order valence-electron chi connectivity index (χ4n) is 3.47. The van der Waals surface area contributed by atoms with E-state index in [1.54, 1.807) is 52.1 Å². The number of nitrogens with zero attached hydrogens (tertiary/aromatic N) is 1. The molecule has 32 heavy (non-hydrogen) atoms. The first-order valence-electron chi connectivity index (χ1n) is 11.1. The SMILES string of the molecule is COc1ccc(NC(=O)CN2CCCC[C@H]2CNC(=O)CCNC(=O)OC(C)(C)C)cc1. The highest BCUT2D eigenvalue weighted by Crippen LogP contribution is 2.18. The quantitative estimate of drug-likeness (QED) is 0.536.